The fraction of sp³-hybridized carbons (Fsp3) is 0.304. The van der Waals surface area contributed by atoms with Gasteiger partial charge in [0.25, 0.3) is 0 Å². The zero-order chi connectivity index (χ0) is 20.2. The Bertz CT molecular complexity index is 959. The molecule has 1 aliphatic heterocycles. The quantitative estimate of drug-likeness (QED) is 0.691. The summed E-state index contributed by atoms with van der Waals surface area (Å²) in [4.78, 5) is 18.7. The number of nitrogens with zero attached hydrogens (tertiary/aromatic N) is 2. The molecule has 1 aliphatic rings. The van der Waals surface area contributed by atoms with Gasteiger partial charge < -0.3 is 14.4 Å². The Morgan fingerprint density at radius 1 is 1.10 bits per heavy atom. The fourth-order valence-corrected chi connectivity index (χ4v) is 3.75. The van der Waals surface area contributed by atoms with E-state index in [-0.39, 0.29) is 17.5 Å². The summed E-state index contributed by atoms with van der Waals surface area (Å²) in [6.07, 6.45) is 4.25. The molecule has 0 spiro atoms. The molecule has 0 unspecified atom stereocenters. The molecule has 1 saturated heterocycles. The molecule has 2 aromatic carbocycles. The number of hydrogen-bond donors (Lipinski definition) is 1. The van der Waals surface area contributed by atoms with E-state index >= 15 is 0 Å². The molecule has 150 valence electrons. The molecule has 0 bridgehead atoms. The molecule has 0 radical (unpaired) electrons. The lowest BCUT2D eigenvalue weighted by Gasteiger charge is -2.32. The number of phenols is 1. The number of piperidine rings is 1. The van der Waals surface area contributed by atoms with Crippen LogP contribution in [0, 0.1) is 5.82 Å². The first-order chi connectivity index (χ1) is 14.1. The lowest BCUT2D eigenvalue weighted by molar-refractivity contribution is -0.132. The summed E-state index contributed by atoms with van der Waals surface area (Å²) >= 11 is 0. The maximum absolute atomic E-state index is 13.0. The third-order valence-corrected chi connectivity index (χ3v) is 5.45. The van der Waals surface area contributed by atoms with Gasteiger partial charge in [0, 0.05) is 31.5 Å². The van der Waals surface area contributed by atoms with Crippen LogP contribution in [0.5, 0.6) is 5.75 Å². The lowest BCUT2D eigenvalue weighted by Crippen LogP contribution is -2.38. The second-order valence-corrected chi connectivity index (χ2v) is 7.37. The SMILES string of the molecule is O=C(CCc1ncc(-c2ccc(F)cc2)o1)N1CCC(c2ccc(O)cc2)CC1. The Kier molecular flexibility index (Phi) is 5.60. The molecule has 1 N–H and O–H groups in total. The van der Waals surface area contributed by atoms with Gasteiger partial charge in [0.1, 0.15) is 11.6 Å². The predicted molar refractivity (Wildman–Crippen MR) is 107 cm³/mol. The van der Waals surface area contributed by atoms with Crippen molar-refractivity contribution in [3.8, 4) is 17.1 Å². The van der Waals surface area contributed by atoms with Crippen LogP contribution >= 0.6 is 0 Å². The van der Waals surface area contributed by atoms with E-state index in [1.54, 1.807) is 30.5 Å². The third kappa shape index (κ3) is 4.65. The highest BCUT2D eigenvalue weighted by atomic mass is 19.1. The number of aromatic nitrogens is 1. The number of benzene rings is 2. The van der Waals surface area contributed by atoms with Crippen molar-refractivity contribution in [3.63, 3.8) is 0 Å². The van der Waals surface area contributed by atoms with Gasteiger partial charge in [-0.3, -0.25) is 4.79 Å². The van der Waals surface area contributed by atoms with Crippen LogP contribution in [-0.4, -0.2) is 34.0 Å². The summed E-state index contributed by atoms with van der Waals surface area (Å²) in [5.74, 6) is 1.59. The van der Waals surface area contributed by atoms with Crippen molar-refractivity contribution in [2.75, 3.05) is 13.1 Å². The van der Waals surface area contributed by atoms with Gasteiger partial charge in [0.15, 0.2) is 11.7 Å². The Balaban J connectivity index is 1.27. The number of rotatable bonds is 5. The molecule has 29 heavy (non-hydrogen) atoms. The van der Waals surface area contributed by atoms with E-state index in [9.17, 15) is 14.3 Å². The smallest absolute Gasteiger partial charge is 0.223 e. The van der Waals surface area contributed by atoms with E-state index in [2.05, 4.69) is 4.98 Å². The summed E-state index contributed by atoms with van der Waals surface area (Å²) in [5, 5.41) is 9.42. The fourth-order valence-electron chi connectivity index (χ4n) is 3.75. The first-order valence-electron chi connectivity index (χ1n) is 9.86. The van der Waals surface area contributed by atoms with Crippen LogP contribution < -0.4 is 0 Å². The third-order valence-electron chi connectivity index (χ3n) is 5.45. The summed E-state index contributed by atoms with van der Waals surface area (Å²) in [6, 6.07) is 13.4. The first-order valence-corrected chi connectivity index (χ1v) is 9.86. The van der Waals surface area contributed by atoms with Crippen LogP contribution in [0.4, 0.5) is 4.39 Å². The number of amides is 1. The molecule has 0 atom stereocenters. The second kappa shape index (κ2) is 8.47. The van der Waals surface area contributed by atoms with E-state index in [4.69, 9.17) is 4.42 Å². The van der Waals surface area contributed by atoms with Crippen LogP contribution in [-0.2, 0) is 11.2 Å². The maximum Gasteiger partial charge on any atom is 0.223 e. The number of hydrogen-bond acceptors (Lipinski definition) is 4. The normalized spacial score (nSPS) is 14.9. The van der Waals surface area contributed by atoms with Crippen molar-refractivity contribution in [2.45, 2.75) is 31.6 Å². The molecule has 1 amide bonds. The molecule has 4 rings (SSSR count). The van der Waals surface area contributed by atoms with Crippen molar-refractivity contribution < 1.29 is 18.7 Å². The molecule has 1 fully saturated rings. The predicted octanol–water partition coefficient (Wildman–Crippen LogP) is 4.53. The Morgan fingerprint density at radius 3 is 2.48 bits per heavy atom. The molecule has 0 aliphatic carbocycles. The zero-order valence-electron chi connectivity index (χ0n) is 16.1. The highest BCUT2D eigenvalue weighted by Gasteiger charge is 2.24. The van der Waals surface area contributed by atoms with E-state index in [0.29, 0.717) is 30.4 Å². The molecule has 6 heteroatoms. The van der Waals surface area contributed by atoms with Crippen molar-refractivity contribution in [1.82, 2.24) is 9.88 Å². The largest absolute Gasteiger partial charge is 0.508 e. The van der Waals surface area contributed by atoms with Gasteiger partial charge >= 0.3 is 0 Å². The van der Waals surface area contributed by atoms with Crippen LogP contribution in [0.3, 0.4) is 0 Å². The molecule has 2 heterocycles. The molecular formula is C23H23FN2O3. The Morgan fingerprint density at radius 2 is 1.79 bits per heavy atom. The average molecular weight is 394 g/mol. The topological polar surface area (TPSA) is 66.6 Å². The highest BCUT2D eigenvalue weighted by Crippen LogP contribution is 2.29. The van der Waals surface area contributed by atoms with E-state index < -0.39 is 0 Å². The number of aryl methyl sites for hydroxylation is 1. The van der Waals surface area contributed by atoms with Crippen molar-refractivity contribution in [1.29, 1.82) is 0 Å². The number of oxazole rings is 1. The minimum absolute atomic E-state index is 0.107. The standard InChI is InChI=1S/C23H23FN2O3/c24-19-5-1-18(2-6-19)21-15-25-22(29-21)9-10-23(28)26-13-11-17(12-14-26)16-3-7-20(27)8-4-16/h1-8,15,17,27H,9-14H2. The van der Waals surface area contributed by atoms with Crippen LogP contribution in [0.25, 0.3) is 11.3 Å². The zero-order valence-corrected chi connectivity index (χ0v) is 16.1. The Labute approximate surface area is 168 Å². The van der Waals surface area contributed by atoms with E-state index in [1.165, 1.54) is 17.7 Å². The first kappa shape index (κ1) is 19.2. The van der Waals surface area contributed by atoms with Gasteiger partial charge in [-0.25, -0.2) is 9.37 Å². The van der Waals surface area contributed by atoms with Gasteiger partial charge in [-0.05, 0) is 60.7 Å². The van der Waals surface area contributed by atoms with Gasteiger partial charge in [-0.15, -0.1) is 0 Å². The highest BCUT2D eigenvalue weighted by molar-refractivity contribution is 5.76. The lowest BCUT2D eigenvalue weighted by atomic mass is 9.89. The van der Waals surface area contributed by atoms with Crippen LogP contribution in [0.1, 0.15) is 36.6 Å². The number of carbonyl (C=O) groups is 1. The number of carbonyl (C=O) groups excluding carboxylic acids is 1. The summed E-state index contributed by atoms with van der Waals surface area (Å²) in [5.41, 5.74) is 1.97. The summed E-state index contributed by atoms with van der Waals surface area (Å²) in [6.45, 7) is 1.47. The monoisotopic (exact) mass is 394 g/mol. The number of likely N-dealkylation sites (tertiary alicyclic amines) is 1. The van der Waals surface area contributed by atoms with E-state index in [0.717, 1.165) is 31.5 Å². The summed E-state index contributed by atoms with van der Waals surface area (Å²) < 4.78 is 18.7. The number of phenolic OH excluding ortho intramolecular Hbond substituents is 1. The maximum atomic E-state index is 13.0. The van der Waals surface area contributed by atoms with Gasteiger partial charge in [-0.2, -0.15) is 0 Å². The minimum atomic E-state index is -0.298. The molecule has 3 aromatic rings. The van der Waals surface area contributed by atoms with Crippen molar-refractivity contribution >= 4 is 5.91 Å². The van der Waals surface area contributed by atoms with Crippen LogP contribution in [0.15, 0.2) is 59.1 Å². The van der Waals surface area contributed by atoms with Gasteiger partial charge in [-0.1, -0.05) is 12.1 Å². The molecular weight excluding hydrogens is 371 g/mol. The summed E-state index contributed by atoms with van der Waals surface area (Å²) in [7, 11) is 0. The molecule has 1 aromatic heterocycles. The number of halogens is 1. The minimum Gasteiger partial charge on any atom is -0.508 e. The van der Waals surface area contributed by atoms with Crippen LogP contribution in [0.2, 0.25) is 0 Å². The number of aromatic hydroxyl groups is 1. The van der Waals surface area contributed by atoms with E-state index in [1.807, 2.05) is 17.0 Å². The molecule has 0 saturated carbocycles. The van der Waals surface area contributed by atoms with Gasteiger partial charge in [0.2, 0.25) is 5.91 Å². The second-order valence-electron chi connectivity index (χ2n) is 7.37. The van der Waals surface area contributed by atoms with Crippen molar-refractivity contribution in [2.24, 2.45) is 0 Å². The van der Waals surface area contributed by atoms with Crippen molar-refractivity contribution in [3.05, 3.63) is 72.0 Å². The molecule has 5 nitrogen and oxygen atoms in total. The Hall–Kier alpha value is -3.15. The average Bonchev–Trinajstić information content (AvgIpc) is 3.22. The van der Waals surface area contributed by atoms with Gasteiger partial charge in [0.05, 0.1) is 6.20 Å².